The summed E-state index contributed by atoms with van der Waals surface area (Å²) in [5.74, 6) is 1.07. The lowest BCUT2D eigenvalue weighted by molar-refractivity contribution is 0.0493. The Kier molecular flexibility index (Phi) is 5.46. The Labute approximate surface area is 151 Å². The summed E-state index contributed by atoms with van der Waals surface area (Å²) in [5.41, 5.74) is 0.366. The molecule has 0 aliphatic heterocycles. The molecule has 0 unspecified atom stereocenters. The fraction of sp³-hybridized carbons (Fsp3) is 0.200. The number of hydrogen-bond donors (Lipinski definition) is 1. The molecule has 2 aromatic carbocycles. The molecule has 0 fully saturated rings. The number of nitrogens with one attached hydrogen (secondary N) is 1. The van der Waals surface area contributed by atoms with E-state index in [-0.39, 0.29) is 5.97 Å². The van der Waals surface area contributed by atoms with Crippen LogP contribution in [0.4, 0.5) is 0 Å². The van der Waals surface area contributed by atoms with Crippen molar-refractivity contribution in [1.29, 1.82) is 0 Å². The van der Waals surface area contributed by atoms with Crippen LogP contribution in [0.5, 0.6) is 11.5 Å². The van der Waals surface area contributed by atoms with Gasteiger partial charge in [-0.2, -0.15) is 0 Å². The van der Waals surface area contributed by atoms with Gasteiger partial charge in [-0.1, -0.05) is 49.8 Å². The number of hydrogen-bond acceptors (Lipinski definition) is 4. The normalized spacial score (nSPS) is 10.6. The number of ether oxygens (including phenoxy) is 2. The van der Waals surface area contributed by atoms with Gasteiger partial charge in [-0.3, -0.25) is 0 Å². The molecule has 128 valence electrons. The zero-order chi connectivity index (χ0) is 17.6. The van der Waals surface area contributed by atoms with Crippen molar-refractivity contribution in [2.75, 3.05) is 6.61 Å². The zero-order valence-electron chi connectivity index (χ0n) is 14.0. The third-order valence-electron chi connectivity index (χ3n) is 3.75. The summed E-state index contributed by atoms with van der Waals surface area (Å²) in [6, 6.07) is 16.9. The fourth-order valence-electron chi connectivity index (χ4n) is 2.42. The standard InChI is InChI=1S/C20H19NO3S/c1-2-3-11-23-20(22)18-12-14-9-10-16(13-17(14)19(25)21-18)24-15-7-5-4-6-8-15/h4-10,12-13H,2-3,11H2,1H3,(H,21,25). The van der Waals surface area contributed by atoms with Crippen molar-refractivity contribution >= 4 is 29.0 Å². The van der Waals surface area contributed by atoms with Gasteiger partial charge < -0.3 is 14.5 Å². The lowest BCUT2D eigenvalue weighted by atomic mass is 10.1. The number of rotatable bonds is 6. The second kappa shape index (κ2) is 7.94. The molecule has 3 rings (SSSR count). The number of esters is 1. The molecule has 0 atom stereocenters. The van der Waals surface area contributed by atoms with Crippen LogP contribution >= 0.6 is 12.2 Å². The molecule has 0 aliphatic rings. The number of pyridine rings is 1. The van der Waals surface area contributed by atoms with Gasteiger partial charge in [-0.25, -0.2) is 4.79 Å². The molecule has 0 saturated carbocycles. The van der Waals surface area contributed by atoms with Crippen molar-refractivity contribution in [3.63, 3.8) is 0 Å². The average molecular weight is 353 g/mol. The lowest BCUT2D eigenvalue weighted by Gasteiger charge is -2.09. The van der Waals surface area contributed by atoms with E-state index in [9.17, 15) is 4.79 Å². The largest absolute Gasteiger partial charge is 0.461 e. The van der Waals surface area contributed by atoms with E-state index in [2.05, 4.69) is 4.98 Å². The highest BCUT2D eigenvalue weighted by atomic mass is 32.1. The summed E-state index contributed by atoms with van der Waals surface area (Å²) in [6.07, 6.45) is 1.82. The SMILES string of the molecule is CCCCOC(=O)c1cc2ccc(Oc3ccccc3)cc2c(=S)[nH]1. The second-order valence-electron chi connectivity index (χ2n) is 5.67. The summed E-state index contributed by atoms with van der Waals surface area (Å²) in [7, 11) is 0. The quantitative estimate of drug-likeness (QED) is 0.354. The first-order valence-corrected chi connectivity index (χ1v) is 8.65. The Morgan fingerprint density at radius 1 is 1.08 bits per heavy atom. The first-order chi connectivity index (χ1) is 12.2. The Morgan fingerprint density at radius 2 is 1.88 bits per heavy atom. The van der Waals surface area contributed by atoms with Crippen LogP contribution in [0.2, 0.25) is 0 Å². The van der Waals surface area contributed by atoms with Gasteiger partial charge in [-0.15, -0.1) is 0 Å². The van der Waals surface area contributed by atoms with E-state index in [1.54, 1.807) is 6.07 Å². The number of fused-ring (bicyclic) bond motifs is 1. The minimum atomic E-state index is -0.383. The average Bonchev–Trinajstić information content (AvgIpc) is 2.63. The smallest absolute Gasteiger partial charge is 0.354 e. The molecule has 5 heteroatoms. The molecule has 0 aliphatic carbocycles. The van der Waals surface area contributed by atoms with Crippen LogP contribution in [-0.4, -0.2) is 17.6 Å². The molecular weight excluding hydrogens is 334 g/mol. The number of unbranched alkanes of at least 4 members (excludes halogenated alkanes) is 1. The maximum atomic E-state index is 12.1. The van der Waals surface area contributed by atoms with Gasteiger partial charge in [0.05, 0.1) is 6.61 Å². The predicted molar refractivity (Wildman–Crippen MR) is 101 cm³/mol. The molecule has 25 heavy (non-hydrogen) atoms. The molecular formula is C20H19NO3S. The number of carbonyl (C=O) groups excluding carboxylic acids is 1. The molecule has 1 N–H and O–H groups in total. The summed E-state index contributed by atoms with van der Waals surface area (Å²) < 4.78 is 11.6. The first kappa shape index (κ1) is 17.2. The summed E-state index contributed by atoms with van der Waals surface area (Å²) in [4.78, 5) is 15.1. The Morgan fingerprint density at radius 3 is 2.64 bits per heavy atom. The number of carbonyl (C=O) groups is 1. The monoisotopic (exact) mass is 353 g/mol. The van der Waals surface area contributed by atoms with Crippen LogP contribution in [-0.2, 0) is 4.74 Å². The van der Waals surface area contributed by atoms with Crippen molar-refractivity contribution < 1.29 is 14.3 Å². The molecule has 1 heterocycles. The third-order valence-corrected chi connectivity index (χ3v) is 4.07. The first-order valence-electron chi connectivity index (χ1n) is 8.24. The van der Waals surface area contributed by atoms with Gasteiger partial charge in [0, 0.05) is 5.39 Å². The van der Waals surface area contributed by atoms with Gasteiger partial charge in [-0.05, 0) is 42.1 Å². The molecule has 0 radical (unpaired) electrons. The summed E-state index contributed by atoms with van der Waals surface area (Å²) >= 11 is 5.40. The van der Waals surface area contributed by atoms with Crippen LogP contribution in [0.15, 0.2) is 54.6 Å². The minimum absolute atomic E-state index is 0.366. The van der Waals surface area contributed by atoms with Gasteiger partial charge in [0.2, 0.25) is 0 Å². The van der Waals surface area contributed by atoms with Crippen LogP contribution in [0.25, 0.3) is 10.8 Å². The molecule has 1 aromatic heterocycles. The third kappa shape index (κ3) is 4.25. The molecule has 0 spiro atoms. The molecule has 0 saturated heterocycles. The zero-order valence-corrected chi connectivity index (χ0v) is 14.8. The topological polar surface area (TPSA) is 51.3 Å². The Balaban J connectivity index is 1.86. The molecule has 0 bridgehead atoms. The van der Waals surface area contributed by atoms with E-state index in [4.69, 9.17) is 21.7 Å². The van der Waals surface area contributed by atoms with Crippen molar-refractivity contribution in [1.82, 2.24) is 4.98 Å². The van der Waals surface area contributed by atoms with Crippen molar-refractivity contribution in [2.24, 2.45) is 0 Å². The Hall–Kier alpha value is -2.66. The highest BCUT2D eigenvalue weighted by molar-refractivity contribution is 7.71. The van der Waals surface area contributed by atoms with E-state index in [0.717, 1.165) is 29.4 Å². The van der Waals surface area contributed by atoms with Gasteiger partial charge in [0.15, 0.2) is 0 Å². The van der Waals surface area contributed by atoms with E-state index >= 15 is 0 Å². The summed E-state index contributed by atoms with van der Waals surface area (Å²) in [6.45, 7) is 2.46. The van der Waals surface area contributed by atoms with Crippen LogP contribution in [0, 0.1) is 4.64 Å². The van der Waals surface area contributed by atoms with Crippen molar-refractivity contribution in [3.8, 4) is 11.5 Å². The van der Waals surface area contributed by atoms with Crippen LogP contribution < -0.4 is 4.74 Å². The van der Waals surface area contributed by atoms with Gasteiger partial charge >= 0.3 is 5.97 Å². The van der Waals surface area contributed by atoms with Gasteiger partial charge in [0.25, 0.3) is 0 Å². The van der Waals surface area contributed by atoms with E-state index in [1.807, 2.05) is 55.5 Å². The Bertz CT molecular complexity index is 935. The van der Waals surface area contributed by atoms with Crippen molar-refractivity contribution in [2.45, 2.75) is 19.8 Å². The highest BCUT2D eigenvalue weighted by Gasteiger charge is 2.10. The molecule has 0 amide bonds. The summed E-state index contributed by atoms with van der Waals surface area (Å²) in [5, 5.41) is 1.69. The number of para-hydroxylation sites is 1. The number of H-pyrrole nitrogens is 1. The maximum Gasteiger partial charge on any atom is 0.354 e. The van der Waals surface area contributed by atoms with E-state index < -0.39 is 0 Å². The predicted octanol–water partition coefficient (Wildman–Crippen LogP) is 5.65. The fourth-order valence-corrected chi connectivity index (χ4v) is 2.71. The van der Waals surface area contributed by atoms with Crippen LogP contribution in [0.3, 0.4) is 0 Å². The number of aromatic amines is 1. The lowest BCUT2D eigenvalue weighted by Crippen LogP contribution is -2.08. The van der Waals surface area contributed by atoms with Gasteiger partial charge in [0.1, 0.15) is 21.8 Å². The maximum absolute atomic E-state index is 12.1. The second-order valence-corrected chi connectivity index (χ2v) is 6.07. The molecule has 3 aromatic rings. The minimum Gasteiger partial charge on any atom is -0.461 e. The number of aromatic nitrogens is 1. The highest BCUT2D eigenvalue weighted by Crippen LogP contribution is 2.26. The van der Waals surface area contributed by atoms with E-state index in [0.29, 0.717) is 22.7 Å². The number of benzene rings is 2. The van der Waals surface area contributed by atoms with Crippen molar-refractivity contribution in [3.05, 3.63) is 64.9 Å². The van der Waals surface area contributed by atoms with Crippen LogP contribution in [0.1, 0.15) is 30.3 Å². The molecule has 4 nitrogen and oxygen atoms in total. The van der Waals surface area contributed by atoms with E-state index in [1.165, 1.54) is 0 Å².